The Bertz CT molecular complexity index is 1020. The molecule has 0 spiro atoms. The van der Waals surface area contributed by atoms with Crippen LogP contribution in [0.3, 0.4) is 0 Å². The Morgan fingerprint density at radius 1 is 0.500 bits per heavy atom. The van der Waals surface area contributed by atoms with Crippen LogP contribution in [0.5, 0.6) is 0 Å². The first-order valence-electron chi connectivity index (χ1n) is 9.87. The summed E-state index contributed by atoms with van der Waals surface area (Å²) in [5.74, 6) is -3.04. The second-order valence-electron chi connectivity index (χ2n) is 6.83. The first-order valence-corrected chi connectivity index (χ1v) is 9.87. The fourth-order valence-electron chi connectivity index (χ4n) is 2.79. The number of hydrogen-bond acceptors (Lipinski definition) is 4. The molecule has 0 atom stereocenters. The lowest BCUT2D eigenvalue weighted by Crippen LogP contribution is -2.35. The molecule has 0 aliphatic rings. The minimum absolute atomic E-state index is 0.136. The highest BCUT2D eigenvalue weighted by Crippen LogP contribution is 2.07. The van der Waals surface area contributed by atoms with Gasteiger partial charge in [-0.05, 0) is 35.4 Å². The molecule has 3 rings (SSSR count). The van der Waals surface area contributed by atoms with Gasteiger partial charge in [-0.15, -0.1) is 0 Å². The van der Waals surface area contributed by atoms with Crippen LogP contribution in [0.15, 0.2) is 84.9 Å². The molecule has 0 fully saturated rings. The summed E-state index contributed by atoms with van der Waals surface area (Å²) in [7, 11) is 0. The third-order valence-electron chi connectivity index (χ3n) is 4.37. The van der Waals surface area contributed by atoms with Crippen LogP contribution in [-0.4, -0.2) is 23.6 Å². The van der Waals surface area contributed by atoms with Gasteiger partial charge in [0.1, 0.15) is 0 Å². The molecule has 3 aromatic carbocycles. The van der Waals surface area contributed by atoms with Gasteiger partial charge in [-0.1, -0.05) is 60.7 Å². The van der Waals surface area contributed by atoms with Gasteiger partial charge < -0.3 is 21.3 Å². The Balaban J connectivity index is 1.46. The molecule has 0 heterocycles. The van der Waals surface area contributed by atoms with Crippen LogP contribution in [0.25, 0.3) is 0 Å². The molecule has 0 bridgehead atoms. The minimum atomic E-state index is -0.760. The first kappa shape index (κ1) is 22.2. The van der Waals surface area contributed by atoms with Gasteiger partial charge >= 0.3 is 23.6 Å². The Morgan fingerprint density at radius 3 is 1.31 bits per heavy atom. The lowest BCUT2D eigenvalue weighted by atomic mass is 10.1. The van der Waals surface area contributed by atoms with Gasteiger partial charge in [-0.2, -0.15) is 0 Å². The van der Waals surface area contributed by atoms with Crippen LogP contribution in [0.2, 0.25) is 0 Å². The van der Waals surface area contributed by atoms with Gasteiger partial charge in [0.05, 0.1) is 0 Å². The summed E-state index contributed by atoms with van der Waals surface area (Å²) in [6.07, 6.45) is 0. The van der Waals surface area contributed by atoms with Gasteiger partial charge in [0.15, 0.2) is 0 Å². The first-order chi connectivity index (χ1) is 15.5. The van der Waals surface area contributed by atoms with Crippen molar-refractivity contribution in [2.75, 3.05) is 10.6 Å². The second kappa shape index (κ2) is 11.1. The van der Waals surface area contributed by atoms with Crippen molar-refractivity contribution < 1.29 is 19.2 Å². The quantitative estimate of drug-likeness (QED) is 0.449. The van der Waals surface area contributed by atoms with Crippen molar-refractivity contribution in [3.05, 3.63) is 96.1 Å². The van der Waals surface area contributed by atoms with Gasteiger partial charge in [0.25, 0.3) is 0 Å². The molecule has 0 unspecified atom stereocenters. The van der Waals surface area contributed by atoms with Crippen LogP contribution in [0.1, 0.15) is 11.1 Å². The van der Waals surface area contributed by atoms with Crippen molar-refractivity contribution in [3.8, 4) is 0 Å². The molecular weight excluding hydrogens is 408 g/mol. The number of anilines is 2. The number of carbonyl (C=O) groups is 4. The van der Waals surface area contributed by atoms with Gasteiger partial charge in [0.2, 0.25) is 0 Å². The molecule has 0 saturated heterocycles. The van der Waals surface area contributed by atoms with Crippen LogP contribution in [-0.2, 0) is 32.3 Å². The molecule has 0 aliphatic heterocycles. The van der Waals surface area contributed by atoms with E-state index in [0.717, 1.165) is 11.1 Å². The van der Waals surface area contributed by atoms with E-state index in [2.05, 4.69) is 21.3 Å². The Hall–Kier alpha value is -4.46. The summed E-state index contributed by atoms with van der Waals surface area (Å²) in [5.41, 5.74) is 2.54. The maximum absolute atomic E-state index is 12.0. The largest absolute Gasteiger partial charge is 0.344 e. The zero-order valence-electron chi connectivity index (χ0n) is 17.1. The summed E-state index contributed by atoms with van der Waals surface area (Å²) in [4.78, 5) is 48.0. The third-order valence-corrected chi connectivity index (χ3v) is 4.37. The predicted molar refractivity (Wildman–Crippen MR) is 120 cm³/mol. The highest BCUT2D eigenvalue weighted by Gasteiger charge is 2.14. The zero-order valence-corrected chi connectivity index (χ0v) is 17.1. The minimum Gasteiger partial charge on any atom is -0.344 e. The molecule has 8 heteroatoms. The summed E-state index contributed by atoms with van der Waals surface area (Å²) in [6, 6.07) is 24.5. The zero-order chi connectivity index (χ0) is 22.8. The molecule has 32 heavy (non-hydrogen) atoms. The van der Waals surface area contributed by atoms with E-state index in [0.29, 0.717) is 11.4 Å². The number of rotatable bonds is 6. The van der Waals surface area contributed by atoms with Crippen molar-refractivity contribution in [3.63, 3.8) is 0 Å². The normalized spacial score (nSPS) is 10.0. The molecule has 0 aliphatic carbocycles. The smallest absolute Gasteiger partial charge is 0.313 e. The number of carbonyl (C=O) groups excluding carboxylic acids is 4. The SMILES string of the molecule is O=C(NCc1cccc(CNC(=O)C(=O)Nc2ccccc2)c1)C(=O)Nc1ccccc1. The van der Waals surface area contributed by atoms with Crippen molar-refractivity contribution in [1.29, 1.82) is 0 Å². The molecule has 0 saturated carbocycles. The summed E-state index contributed by atoms with van der Waals surface area (Å²) < 4.78 is 0. The molecule has 0 aromatic heterocycles. The second-order valence-corrected chi connectivity index (χ2v) is 6.83. The van der Waals surface area contributed by atoms with E-state index in [1.807, 2.05) is 0 Å². The van der Waals surface area contributed by atoms with E-state index in [1.54, 1.807) is 84.9 Å². The average molecular weight is 430 g/mol. The summed E-state index contributed by atoms with van der Waals surface area (Å²) in [6.45, 7) is 0.272. The topological polar surface area (TPSA) is 116 Å². The fourth-order valence-corrected chi connectivity index (χ4v) is 2.79. The molecular formula is C24H22N4O4. The van der Waals surface area contributed by atoms with Gasteiger partial charge in [-0.3, -0.25) is 19.2 Å². The van der Waals surface area contributed by atoms with Crippen molar-refractivity contribution in [1.82, 2.24) is 10.6 Å². The number of para-hydroxylation sites is 2. The van der Waals surface area contributed by atoms with E-state index in [1.165, 1.54) is 0 Å². The number of hydrogen-bond donors (Lipinski definition) is 4. The molecule has 3 aromatic rings. The van der Waals surface area contributed by atoms with E-state index < -0.39 is 23.6 Å². The van der Waals surface area contributed by atoms with Crippen molar-refractivity contribution in [2.45, 2.75) is 13.1 Å². The van der Waals surface area contributed by atoms with E-state index >= 15 is 0 Å². The summed E-state index contributed by atoms with van der Waals surface area (Å²) in [5, 5.41) is 10.1. The van der Waals surface area contributed by atoms with E-state index in [9.17, 15) is 19.2 Å². The van der Waals surface area contributed by atoms with Crippen molar-refractivity contribution in [2.24, 2.45) is 0 Å². The van der Waals surface area contributed by atoms with Crippen LogP contribution < -0.4 is 21.3 Å². The standard InChI is InChI=1S/C24H22N4O4/c29-21(23(31)27-19-10-3-1-4-11-19)25-15-17-8-7-9-18(14-17)16-26-22(30)24(32)28-20-12-5-2-6-13-20/h1-14H,15-16H2,(H,25,29)(H,26,30)(H,27,31)(H,28,32). The number of nitrogens with one attached hydrogen (secondary N) is 4. The highest BCUT2D eigenvalue weighted by molar-refractivity contribution is 6.40. The molecule has 4 amide bonds. The van der Waals surface area contributed by atoms with Gasteiger partial charge in [0, 0.05) is 24.5 Å². The Kier molecular flexibility index (Phi) is 7.69. The number of amides is 4. The van der Waals surface area contributed by atoms with E-state index in [-0.39, 0.29) is 13.1 Å². The predicted octanol–water partition coefficient (Wildman–Crippen LogP) is 2.20. The molecule has 0 radical (unpaired) electrons. The van der Waals surface area contributed by atoms with Gasteiger partial charge in [-0.25, -0.2) is 0 Å². The average Bonchev–Trinajstić information content (AvgIpc) is 2.82. The third kappa shape index (κ3) is 6.81. The Labute approximate surface area is 185 Å². The van der Waals surface area contributed by atoms with Crippen LogP contribution in [0.4, 0.5) is 11.4 Å². The lowest BCUT2D eigenvalue weighted by Gasteiger charge is -2.09. The van der Waals surface area contributed by atoms with Crippen LogP contribution >= 0.6 is 0 Å². The molecule has 4 N–H and O–H groups in total. The van der Waals surface area contributed by atoms with E-state index in [4.69, 9.17) is 0 Å². The fraction of sp³-hybridized carbons (Fsp3) is 0.0833. The lowest BCUT2D eigenvalue weighted by molar-refractivity contribution is -0.136. The van der Waals surface area contributed by atoms with Crippen LogP contribution in [0, 0.1) is 0 Å². The highest BCUT2D eigenvalue weighted by atomic mass is 16.2. The van der Waals surface area contributed by atoms with Crippen molar-refractivity contribution >= 4 is 35.0 Å². The maximum atomic E-state index is 12.0. The molecule has 8 nitrogen and oxygen atoms in total. The Morgan fingerprint density at radius 2 is 0.906 bits per heavy atom. The number of benzene rings is 3. The maximum Gasteiger partial charge on any atom is 0.313 e. The molecule has 162 valence electrons. The monoisotopic (exact) mass is 430 g/mol. The summed E-state index contributed by atoms with van der Waals surface area (Å²) >= 11 is 0.